The van der Waals surface area contributed by atoms with E-state index in [1.807, 2.05) is 6.92 Å². The maximum atomic E-state index is 13.4. The number of aliphatic imine (C=N–C) groups is 1. The van der Waals surface area contributed by atoms with Crippen LogP contribution in [0.3, 0.4) is 0 Å². The van der Waals surface area contributed by atoms with Crippen molar-refractivity contribution in [2.45, 2.75) is 25.4 Å². The number of nitrogens with zero attached hydrogens (tertiary/aromatic N) is 4. The van der Waals surface area contributed by atoms with Gasteiger partial charge in [-0.05, 0) is 44.0 Å². The van der Waals surface area contributed by atoms with E-state index >= 15 is 0 Å². The van der Waals surface area contributed by atoms with Gasteiger partial charge in [-0.15, -0.1) is 0 Å². The minimum absolute atomic E-state index is 0.0330. The van der Waals surface area contributed by atoms with Gasteiger partial charge in [-0.1, -0.05) is 23.8 Å². The average Bonchev–Trinajstić information content (AvgIpc) is 3.46. The molecule has 0 unspecified atom stereocenters. The molecule has 1 saturated carbocycles. The van der Waals surface area contributed by atoms with Crippen LogP contribution in [0, 0.1) is 5.92 Å². The van der Waals surface area contributed by atoms with Crippen LogP contribution in [0.25, 0.3) is 23.0 Å². The third-order valence-corrected chi connectivity index (χ3v) is 6.17. The molecule has 178 valence electrons. The predicted molar refractivity (Wildman–Crippen MR) is 125 cm³/mol. The lowest BCUT2D eigenvalue weighted by molar-refractivity contribution is -0.137. The maximum absolute atomic E-state index is 13.4. The zero-order valence-electron chi connectivity index (χ0n) is 18.4. The Labute approximate surface area is 195 Å². The van der Waals surface area contributed by atoms with Gasteiger partial charge in [-0.3, -0.25) is 14.8 Å². The van der Waals surface area contributed by atoms with Gasteiger partial charge >= 0.3 is 11.9 Å². The average molecular weight is 480 g/mol. The zero-order chi connectivity index (χ0) is 24.9. The molecule has 2 atom stereocenters. The van der Waals surface area contributed by atoms with E-state index in [1.54, 1.807) is 35.1 Å². The number of fused-ring (bicyclic) bond motifs is 1. The van der Waals surface area contributed by atoms with Crippen LogP contribution in [0.5, 0.6) is 0 Å². The lowest BCUT2D eigenvalue weighted by Gasteiger charge is -2.12. The fourth-order valence-corrected chi connectivity index (χ4v) is 4.42. The number of imidazole rings is 1. The summed E-state index contributed by atoms with van der Waals surface area (Å²) in [5, 5.41) is 4.43. The molecule has 5 rings (SSSR count). The quantitative estimate of drug-likeness (QED) is 0.415. The number of aromatic amines is 2. The molecule has 35 heavy (non-hydrogen) atoms. The van der Waals surface area contributed by atoms with E-state index < -0.39 is 23.0 Å². The first-order valence-corrected chi connectivity index (χ1v) is 10.7. The number of rotatable bonds is 5. The number of allylic oxidation sites excluding steroid dienone is 1. The number of nitrogens with one attached hydrogen (secondary N) is 2. The summed E-state index contributed by atoms with van der Waals surface area (Å²) >= 11 is 0. The highest BCUT2D eigenvalue weighted by Gasteiger charge is 2.41. The molecule has 3 aromatic heterocycles. The van der Waals surface area contributed by atoms with Crippen molar-refractivity contribution in [2.24, 2.45) is 10.9 Å². The Balaban J connectivity index is 1.52. The molecule has 0 bridgehead atoms. The number of alkyl halides is 3. The Kier molecular flexibility index (Phi) is 5.27. The molecular weight excluding hydrogens is 461 g/mol. The Bertz CT molecular complexity index is 1610. The predicted octanol–water partition coefficient (Wildman–Crippen LogP) is 4.33. The molecule has 8 nitrogen and oxygen atoms in total. The third-order valence-electron chi connectivity index (χ3n) is 6.17. The zero-order valence-corrected chi connectivity index (χ0v) is 18.4. The van der Waals surface area contributed by atoms with Crippen molar-refractivity contribution in [1.29, 1.82) is 0 Å². The Hall–Kier alpha value is -4.28. The van der Waals surface area contributed by atoms with Gasteiger partial charge in [0.05, 0.1) is 22.5 Å². The van der Waals surface area contributed by atoms with Gasteiger partial charge in [0.2, 0.25) is 0 Å². The van der Waals surface area contributed by atoms with Gasteiger partial charge in [0.25, 0.3) is 5.56 Å². The second kappa shape index (κ2) is 8.19. The van der Waals surface area contributed by atoms with Crippen LogP contribution in [0.2, 0.25) is 0 Å². The number of hydrogen-bond acceptors (Lipinski definition) is 5. The fourth-order valence-electron chi connectivity index (χ4n) is 4.42. The lowest BCUT2D eigenvalue weighted by Crippen LogP contribution is -2.23. The summed E-state index contributed by atoms with van der Waals surface area (Å²) in [5.41, 5.74) is 1.09. The summed E-state index contributed by atoms with van der Waals surface area (Å²) in [7, 11) is 0. The van der Waals surface area contributed by atoms with Gasteiger partial charge in [-0.2, -0.15) is 18.3 Å². The summed E-state index contributed by atoms with van der Waals surface area (Å²) in [6.07, 6.45) is 2.50. The number of halogens is 3. The van der Waals surface area contributed by atoms with E-state index in [1.165, 1.54) is 12.3 Å². The Morgan fingerprint density at radius 1 is 1.31 bits per heavy atom. The summed E-state index contributed by atoms with van der Waals surface area (Å²) in [5.74, 6) is 0.0949. The molecule has 0 amide bonds. The normalized spacial score (nSPS) is 18.1. The van der Waals surface area contributed by atoms with E-state index in [9.17, 15) is 22.8 Å². The minimum atomic E-state index is -4.53. The smallest absolute Gasteiger partial charge is 0.313 e. The molecule has 0 aliphatic heterocycles. The molecule has 4 aromatic rings. The molecule has 1 fully saturated rings. The minimum Gasteiger partial charge on any atom is -0.313 e. The first-order valence-electron chi connectivity index (χ1n) is 10.7. The molecule has 2 N–H and O–H groups in total. The highest BCUT2D eigenvalue weighted by Crippen LogP contribution is 2.53. The van der Waals surface area contributed by atoms with E-state index in [0.717, 1.165) is 23.6 Å². The SMILES string of the molecule is C=Nc1c(/C=C(\C)[C@H]2C[C@@H]2c2cc(-c3c[nH]c(=O)[nH]c3=O)nn3ccnc23)cccc1C(F)(F)F. The largest absolute Gasteiger partial charge is 0.418 e. The summed E-state index contributed by atoms with van der Waals surface area (Å²) in [6.45, 7) is 5.20. The van der Waals surface area contributed by atoms with Crippen molar-refractivity contribution in [3.63, 3.8) is 0 Å². The molecule has 0 spiro atoms. The summed E-state index contributed by atoms with van der Waals surface area (Å²) < 4.78 is 41.7. The number of para-hydroxylation sites is 1. The lowest BCUT2D eigenvalue weighted by atomic mass is 10.0. The summed E-state index contributed by atoms with van der Waals surface area (Å²) in [4.78, 5) is 36.4. The van der Waals surface area contributed by atoms with Crippen molar-refractivity contribution in [3.8, 4) is 11.3 Å². The molecule has 1 aromatic carbocycles. The molecule has 0 saturated heterocycles. The van der Waals surface area contributed by atoms with Crippen molar-refractivity contribution < 1.29 is 13.2 Å². The monoisotopic (exact) mass is 480 g/mol. The topological polar surface area (TPSA) is 108 Å². The second-order valence-electron chi connectivity index (χ2n) is 8.40. The third kappa shape index (κ3) is 4.09. The van der Waals surface area contributed by atoms with Crippen molar-refractivity contribution in [3.05, 3.63) is 86.0 Å². The number of H-pyrrole nitrogens is 2. The van der Waals surface area contributed by atoms with Gasteiger partial charge in [0, 0.05) is 29.7 Å². The highest BCUT2D eigenvalue weighted by molar-refractivity contribution is 5.72. The number of hydrogen-bond donors (Lipinski definition) is 2. The fraction of sp³-hybridized carbons (Fsp3) is 0.208. The van der Waals surface area contributed by atoms with Gasteiger partial charge in [-0.25, -0.2) is 14.3 Å². The first kappa shape index (κ1) is 22.5. The van der Waals surface area contributed by atoms with Gasteiger partial charge in [0.1, 0.15) is 0 Å². The van der Waals surface area contributed by atoms with Crippen molar-refractivity contribution >= 4 is 24.1 Å². The van der Waals surface area contributed by atoms with Gasteiger partial charge in [0.15, 0.2) is 5.65 Å². The molecule has 0 radical (unpaired) electrons. The van der Waals surface area contributed by atoms with Gasteiger partial charge < -0.3 is 4.98 Å². The van der Waals surface area contributed by atoms with Crippen LogP contribution >= 0.6 is 0 Å². The van der Waals surface area contributed by atoms with E-state index in [4.69, 9.17) is 0 Å². The molecule has 11 heteroatoms. The first-order chi connectivity index (χ1) is 16.7. The number of benzene rings is 1. The van der Waals surface area contributed by atoms with Crippen molar-refractivity contribution in [1.82, 2.24) is 24.6 Å². The Morgan fingerprint density at radius 2 is 2.11 bits per heavy atom. The van der Waals surface area contributed by atoms with Crippen LogP contribution < -0.4 is 11.2 Å². The molecular formula is C24H19F3N6O2. The van der Waals surface area contributed by atoms with Crippen LogP contribution in [-0.2, 0) is 6.18 Å². The van der Waals surface area contributed by atoms with Crippen LogP contribution in [-0.4, -0.2) is 31.3 Å². The van der Waals surface area contributed by atoms with E-state index in [0.29, 0.717) is 16.9 Å². The maximum Gasteiger partial charge on any atom is 0.418 e. The van der Waals surface area contributed by atoms with Crippen LogP contribution in [0.4, 0.5) is 18.9 Å². The van der Waals surface area contributed by atoms with Crippen molar-refractivity contribution in [2.75, 3.05) is 0 Å². The Morgan fingerprint density at radius 3 is 2.83 bits per heavy atom. The number of aromatic nitrogens is 5. The molecule has 1 aliphatic rings. The standard InChI is InChI=1S/C24H19F3N6O2/c1-12(8-13-4-3-5-18(20(13)28-2)24(25,26)27)14-9-15(14)16-10-19(32-33-7-6-29-21(16)33)17-11-30-23(35)31-22(17)34/h3-8,10-11,14-15H,2,9H2,1H3,(H2,30,31,34,35)/b12-8+/t14-,15+/m1/s1. The molecule has 1 aliphatic carbocycles. The van der Waals surface area contributed by atoms with Crippen LogP contribution in [0.15, 0.2) is 63.0 Å². The van der Waals surface area contributed by atoms with Crippen LogP contribution in [0.1, 0.15) is 36.0 Å². The highest BCUT2D eigenvalue weighted by atomic mass is 19.4. The molecule has 3 heterocycles. The second-order valence-corrected chi connectivity index (χ2v) is 8.40. The van der Waals surface area contributed by atoms with E-state index in [-0.39, 0.29) is 23.1 Å². The van der Waals surface area contributed by atoms with E-state index in [2.05, 4.69) is 31.8 Å². The summed E-state index contributed by atoms with van der Waals surface area (Å²) in [6, 6.07) is 5.69.